The molecule has 0 saturated carbocycles. The first-order valence-corrected chi connectivity index (χ1v) is 7.90. The van der Waals surface area contributed by atoms with Crippen LogP contribution in [0.15, 0.2) is 59.9 Å². The van der Waals surface area contributed by atoms with Gasteiger partial charge < -0.3 is 10.8 Å². The Kier molecular flexibility index (Phi) is 4.20. The van der Waals surface area contributed by atoms with E-state index in [9.17, 15) is 9.18 Å². The van der Waals surface area contributed by atoms with Gasteiger partial charge in [-0.1, -0.05) is 32.0 Å². The van der Waals surface area contributed by atoms with Crippen molar-refractivity contribution in [2.45, 2.75) is 13.8 Å². The molecule has 1 fully saturated rings. The molecule has 2 heterocycles. The first-order chi connectivity index (χ1) is 11.6. The Morgan fingerprint density at radius 3 is 2.56 bits per heavy atom. The van der Waals surface area contributed by atoms with Crippen LogP contribution in [0.3, 0.4) is 0 Å². The molecule has 6 nitrogen and oxygen atoms in total. The molecule has 2 aromatic carbocycles. The second kappa shape index (κ2) is 6.19. The van der Waals surface area contributed by atoms with E-state index in [1.807, 2.05) is 43.1 Å². The SMILES string of the molecule is CC(C)C1=C2C(=O)N(c3cccc(F)c3)[NH2+]N2c2ccccc2N1.[OH-]. The van der Waals surface area contributed by atoms with Crippen LogP contribution in [-0.4, -0.2) is 11.4 Å². The van der Waals surface area contributed by atoms with Crippen molar-refractivity contribution >= 4 is 23.0 Å². The molecule has 2 aromatic rings. The summed E-state index contributed by atoms with van der Waals surface area (Å²) in [6.45, 7) is 4.08. The highest BCUT2D eigenvalue weighted by Gasteiger charge is 2.45. The van der Waals surface area contributed by atoms with Gasteiger partial charge in [-0.3, -0.25) is 4.79 Å². The van der Waals surface area contributed by atoms with Crippen molar-refractivity contribution in [2.75, 3.05) is 15.3 Å². The molecular weight excluding hydrogens is 323 g/mol. The van der Waals surface area contributed by atoms with E-state index in [0.29, 0.717) is 11.4 Å². The number of carbonyl (C=O) groups is 1. The lowest BCUT2D eigenvalue weighted by Crippen LogP contribution is -2.99. The average molecular weight is 342 g/mol. The van der Waals surface area contributed by atoms with E-state index in [1.54, 1.807) is 17.7 Å². The fraction of sp³-hybridized carbons (Fsp3) is 0.167. The zero-order valence-electron chi connectivity index (χ0n) is 13.9. The van der Waals surface area contributed by atoms with Gasteiger partial charge in [0.15, 0.2) is 5.70 Å². The minimum absolute atomic E-state index is 0. The van der Waals surface area contributed by atoms with Crippen LogP contribution in [0.1, 0.15) is 13.8 Å². The molecule has 7 heteroatoms. The number of nitrogens with two attached hydrogens (primary N) is 1. The maximum absolute atomic E-state index is 13.6. The van der Waals surface area contributed by atoms with Crippen LogP contribution in [0.4, 0.5) is 21.5 Å². The number of benzene rings is 2. The predicted molar refractivity (Wildman–Crippen MR) is 92.2 cm³/mol. The van der Waals surface area contributed by atoms with E-state index in [0.717, 1.165) is 17.1 Å². The van der Waals surface area contributed by atoms with E-state index in [1.165, 1.54) is 17.1 Å². The van der Waals surface area contributed by atoms with E-state index in [2.05, 4.69) is 5.32 Å². The Bertz CT molecular complexity index is 866. The highest BCUT2D eigenvalue weighted by Crippen LogP contribution is 2.37. The Hall–Kier alpha value is -2.90. The van der Waals surface area contributed by atoms with Crippen LogP contribution in [0.2, 0.25) is 0 Å². The fourth-order valence-electron chi connectivity index (χ4n) is 3.09. The number of rotatable bonds is 2. The minimum Gasteiger partial charge on any atom is -0.870 e. The smallest absolute Gasteiger partial charge is 0.329 e. The van der Waals surface area contributed by atoms with Crippen molar-refractivity contribution in [3.05, 3.63) is 65.7 Å². The molecule has 0 radical (unpaired) electrons. The van der Waals surface area contributed by atoms with Crippen LogP contribution in [0, 0.1) is 11.7 Å². The van der Waals surface area contributed by atoms with Crippen LogP contribution in [0.25, 0.3) is 0 Å². The molecule has 0 aliphatic carbocycles. The molecule has 4 rings (SSSR count). The van der Waals surface area contributed by atoms with E-state index in [4.69, 9.17) is 0 Å². The molecule has 0 aromatic heterocycles. The van der Waals surface area contributed by atoms with Crippen molar-refractivity contribution in [3.8, 4) is 0 Å². The first-order valence-electron chi connectivity index (χ1n) is 7.90. The summed E-state index contributed by atoms with van der Waals surface area (Å²) in [5.41, 5.74) is 5.57. The zero-order valence-corrected chi connectivity index (χ0v) is 13.9. The van der Waals surface area contributed by atoms with E-state index in [-0.39, 0.29) is 23.1 Å². The first kappa shape index (κ1) is 16.9. The van der Waals surface area contributed by atoms with E-state index >= 15 is 0 Å². The Morgan fingerprint density at radius 2 is 1.84 bits per heavy atom. The summed E-state index contributed by atoms with van der Waals surface area (Å²) in [6, 6.07) is 13.9. The van der Waals surface area contributed by atoms with Crippen molar-refractivity contribution in [3.63, 3.8) is 0 Å². The number of nitrogens with one attached hydrogen (secondary N) is 1. The van der Waals surface area contributed by atoms with Gasteiger partial charge in [-0.2, -0.15) is 5.01 Å². The molecule has 0 atom stereocenters. The zero-order chi connectivity index (χ0) is 16.8. The number of hydrogen-bond acceptors (Lipinski definition) is 4. The van der Waals surface area contributed by atoms with Crippen LogP contribution in [0.5, 0.6) is 0 Å². The number of quaternary nitrogens is 1. The summed E-state index contributed by atoms with van der Waals surface area (Å²) in [5, 5.41) is 6.75. The molecule has 2 aliphatic rings. The largest absolute Gasteiger partial charge is 0.870 e. The second-order valence-corrected chi connectivity index (χ2v) is 6.20. The molecule has 4 N–H and O–H groups in total. The molecule has 2 aliphatic heterocycles. The summed E-state index contributed by atoms with van der Waals surface area (Å²) in [6.07, 6.45) is 0. The maximum Gasteiger partial charge on any atom is 0.329 e. The van der Waals surface area contributed by atoms with E-state index < -0.39 is 0 Å². The normalized spacial score (nSPS) is 15.8. The molecule has 0 unspecified atom stereocenters. The number of hydrogen-bond donors (Lipinski definition) is 2. The topological polar surface area (TPSA) is 82.2 Å². The lowest BCUT2D eigenvalue weighted by atomic mass is 10.0. The van der Waals surface area contributed by atoms with Gasteiger partial charge in [-0.25, -0.2) is 4.39 Å². The van der Waals surface area contributed by atoms with Crippen molar-refractivity contribution in [1.29, 1.82) is 0 Å². The Labute approximate surface area is 144 Å². The molecule has 25 heavy (non-hydrogen) atoms. The highest BCUT2D eigenvalue weighted by molar-refractivity contribution is 6.10. The summed E-state index contributed by atoms with van der Waals surface area (Å²) in [4.78, 5) is 13.0. The Morgan fingerprint density at radius 1 is 1.08 bits per heavy atom. The summed E-state index contributed by atoms with van der Waals surface area (Å²) in [7, 11) is 0. The predicted octanol–water partition coefficient (Wildman–Crippen LogP) is 2.19. The lowest BCUT2D eigenvalue weighted by Gasteiger charge is -2.27. The van der Waals surface area contributed by atoms with Gasteiger partial charge in [0, 0.05) is 6.07 Å². The van der Waals surface area contributed by atoms with Crippen LogP contribution in [-0.2, 0) is 4.79 Å². The molecule has 1 amide bonds. The fourth-order valence-corrected chi connectivity index (χ4v) is 3.09. The number of amides is 1. The second-order valence-electron chi connectivity index (χ2n) is 6.20. The summed E-state index contributed by atoms with van der Waals surface area (Å²) < 4.78 is 13.6. The third-order valence-corrected chi connectivity index (χ3v) is 4.24. The van der Waals surface area contributed by atoms with Gasteiger partial charge in [0.05, 0.1) is 11.4 Å². The molecule has 1 saturated heterocycles. The number of halogens is 1. The molecule has 0 spiro atoms. The van der Waals surface area contributed by atoms with Gasteiger partial charge in [0.2, 0.25) is 0 Å². The number of allylic oxidation sites excluding steroid dienone is 1. The van der Waals surface area contributed by atoms with Gasteiger partial charge in [-0.15, -0.1) is 10.5 Å². The molecule has 0 bridgehead atoms. The molecule has 130 valence electrons. The third kappa shape index (κ3) is 2.63. The quantitative estimate of drug-likeness (QED) is 0.647. The highest BCUT2D eigenvalue weighted by atomic mass is 19.1. The monoisotopic (exact) mass is 342 g/mol. The number of carbonyl (C=O) groups excluding carboxylic acids is 1. The maximum atomic E-state index is 13.6. The van der Waals surface area contributed by atoms with Gasteiger partial charge >= 0.3 is 5.91 Å². The van der Waals surface area contributed by atoms with Crippen molar-refractivity contribution < 1.29 is 20.2 Å². The Balaban J connectivity index is 0.00000182. The standard InChI is InChI=1S/C18H17FN4O.H2O/c1-11(2)16-17-18(24)22(13-7-5-6-12(19)10-13)21-23(17)15-9-4-3-8-14(15)20-16;/h3-11,20-21H,1-2H3;1H2. The van der Waals surface area contributed by atoms with Gasteiger partial charge in [-0.05, 0) is 30.2 Å². The lowest BCUT2D eigenvalue weighted by molar-refractivity contribution is -0.653. The summed E-state index contributed by atoms with van der Waals surface area (Å²) in [5.74, 6) is -0.373. The average Bonchev–Trinajstić information content (AvgIpc) is 2.92. The van der Waals surface area contributed by atoms with Gasteiger partial charge in [0.1, 0.15) is 17.2 Å². The van der Waals surface area contributed by atoms with Gasteiger partial charge in [0.25, 0.3) is 0 Å². The van der Waals surface area contributed by atoms with Crippen LogP contribution < -0.4 is 20.9 Å². The van der Waals surface area contributed by atoms with Crippen molar-refractivity contribution in [1.82, 2.24) is 0 Å². The summed E-state index contributed by atoms with van der Waals surface area (Å²) >= 11 is 0. The third-order valence-electron chi connectivity index (χ3n) is 4.24. The number of nitrogens with zero attached hydrogens (tertiary/aromatic N) is 2. The van der Waals surface area contributed by atoms with Crippen LogP contribution >= 0.6 is 0 Å². The number of anilines is 3. The number of para-hydroxylation sites is 2. The minimum atomic E-state index is -0.366. The molecular formula is C18H19FN4O2. The van der Waals surface area contributed by atoms with Crippen molar-refractivity contribution in [2.24, 2.45) is 5.92 Å². The number of fused-ring (bicyclic) bond motifs is 3.